The van der Waals surface area contributed by atoms with Gasteiger partial charge in [-0.2, -0.15) is 0 Å². The highest BCUT2D eigenvalue weighted by Crippen LogP contribution is 2.29. The summed E-state index contributed by atoms with van der Waals surface area (Å²) in [7, 11) is 0. The van der Waals surface area contributed by atoms with Gasteiger partial charge in [0.25, 0.3) is 0 Å². The average Bonchev–Trinajstić information content (AvgIpc) is 2.65. The van der Waals surface area contributed by atoms with Crippen molar-refractivity contribution in [3.63, 3.8) is 0 Å². The van der Waals surface area contributed by atoms with Crippen molar-refractivity contribution in [2.45, 2.75) is 5.92 Å². The summed E-state index contributed by atoms with van der Waals surface area (Å²) in [5.74, 6) is 1.86. The first kappa shape index (κ1) is 16.9. The predicted octanol–water partition coefficient (Wildman–Crippen LogP) is 5.42. The summed E-state index contributed by atoms with van der Waals surface area (Å²) in [5.41, 5.74) is 2.16. The van der Waals surface area contributed by atoms with Gasteiger partial charge in [-0.05, 0) is 59.7 Å². The molecule has 0 amide bonds. The first-order chi connectivity index (χ1) is 12.3. The van der Waals surface area contributed by atoms with Gasteiger partial charge >= 0.3 is 0 Å². The Bertz CT molecular complexity index is 855. The van der Waals surface area contributed by atoms with Crippen LogP contribution < -0.4 is 4.74 Å². The van der Waals surface area contributed by atoms with Gasteiger partial charge < -0.3 is 9.84 Å². The molecule has 4 heteroatoms. The fraction of sp³-hybridized carbons (Fsp3) is 0.0952. The van der Waals surface area contributed by atoms with Gasteiger partial charge in [-0.3, -0.25) is 0 Å². The third-order valence-corrected chi connectivity index (χ3v) is 4.02. The molecule has 25 heavy (non-hydrogen) atoms. The summed E-state index contributed by atoms with van der Waals surface area (Å²) < 4.78 is 5.83. The van der Waals surface area contributed by atoms with Gasteiger partial charge in [-0.15, -0.1) is 0 Å². The van der Waals surface area contributed by atoms with E-state index in [1.807, 2.05) is 66.7 Å². The first-order valence-corrected chi connectivity index (χ1v) is 8.32. The molecule has 1 atom stereocenters. The van der Waals surface area contributed by atoms with Crippen LogP contribution in [-0.2, 0) is 0 Å². The second kappa shape index (κ2) is 8.25. The number of ether oxygens (including phenoxy) is 1. The van der Waals surface area contributed by atoms with E-state index in [1.165, 1.54) is 0 Å². The second-order valence-electron chi connectivity index (χ2n) is 5.56. The fourth-order valence-corrected chi connectivity index (χ4v) is 2.71. The molecule has 3 aromatic rings. The molecule has 0 unspecified atom stereocenters. The van der Waals surface area contributed by atoms with Crippen molar-refractivity contribution in [3.8, 4) is 17.2 Å². The number of para-hydroxylation sites is 1. The van der Waals surface area contributed by atoms with E-state index in [2.05, 4.69) is 10.2 Å². The first-order valence-electron chi connectivity index (χ1n) is 7.91. The van der Waals surface area contributed by atoms with Gasteiger partial charge in [0.2, 0.25) is 0 Å². The van der Waals surface area contributed by atoms with Crippen molar-refractivity contribution in [2.24, 2.45) is 4.99 Å². The molecule has 124 valence electrons. The number of rotatable bonds is 6. The normalized spacial score (nSPS) is 11.4. The summed E-state index contributed by atoms with van der Waals surface area (Å²) in [6.07, 6.45) is 0. The molecule has 0 saturated carbocycles. The van der Waals surface area contributed by atoms with Crippen LogP contribution >= 0.6 is 12.2 Å². The zero-order valence-electron chi connectivity index (χ0n) is 13.5. The summed E-state index contributed by atoms with van der Waals surface area (Å²) >= 11 is 4.71. The lowest BCUT2D eigenvalue weighted by molar-refractivity contribution is 0.475. The van der Waals surface area contributed by atoms with Gasteiger partial charge in [-0.25, -0.2) is 4.99 Å². The van der Waals surface area contributed by atoms with E-state index in [0.29, 0.717) is 6.54 Å². The van der Waals surface area contributed by atoms with E-state index in [0.717, 1.165) is 22.6 Å². The van der Waals surface area contributed by atoms with Gasteiger partial charge in [0, 0.05) is 5.92 Å². The van der Waals surface area contributed by atoms with E-state index in [9.17, 15) is 5.11 Å². The summed E-state index contributed by atoms with van der Waals surface area (Å²) in [6, 6.07) is 24.7. The van der Waals surface area contributed by atoms with Crippen LogP contribution in [0.1, 0.15) is 17.0 Å². The molecule has 3 rings (SSSR count). The predicted molar refractivity (Wildman–Crippen MR) is 103 cm³/mol. The number of benzene rings is 3. The average molecular weight is 347 g/mol. The molecule has 0 spiro atoms. The molecule has 0 saturated heterocycles. The summed E-state index contributed by atoms with van der Waals surface area (Å²) in [5, 5.41) is 11.9. The maximum absolute atomic E-state index is 9.49. The van der Waals surface area contributed by atoms with Gasteiger partial charge in [0.1, 0.15) is 17.2 Å². The van der Waals surface area contributed by atoms with Crippen LogP contribution in [-0.4, -0.2) is 16.8 Å². The van der Waals surface area contributed by atoms with Crippen LogP contribution in [0.3, 0.4) is 0 Å². The molecule has 0 aromatic heterocycles. The number of aliphatic imine (C=N–C) groups is 1. The fourth-order valence-electron chi connectivity index (χ4n) is 2.63. The number of thiocarbonyl (C=S) groups is 1. The molecule has 0 bridgehead atoms. The monoisotopic (exact) mass is 347 g/mol. The highest BCUT2D eigenvalue weighted by Gasteiger charge is 2.14. The Morgan fingerprint density at radius 1 is 0.840 bits per heavy atom. The summed E-state index contributed by atoms with van der Waals surface area (Å²) in [6.45, 7) is 0.507. The van der Waals surface area contributed by atoms with Crippen LogP contribution in [0.2, 0.25) is 0 Å². The van der Waals surface area contributed by atoms with Crippen LogP contribution in [0, 0.1) is 0 Å². The van der Waals surface area contributed by atoms with E-state index in [-0.39, 0.29) is 11.7 Å². The van der Waals surface area contributed by atoms with Crippen molar-refractivity contribution in [2.75, 3.05) is 6.54 Å². The van der Waals surface area contributed by atoms with Crippen LogP contribution in [0.25, 0.3) is 0 Å². The molecule has 1 N–H and O–H groups in total. The Morgan fingerprint density at radius 3 is 2.00 bits per heavy atom. The number of hydrogen-bond donors (Lipinski definition) is 1. The molecular formula is C21H17NO2S. The van der Waals surface area contributed by atoms with Crippen molar-refractivity contribution in [1.82, 2.24) is 0 Å². The molecule has 3 nitrogen and oxygen atoms in total. The second-order valence-corrected chi connectivity index (χ2v) is 5.74. The van der Waals surface area contributed by atoms with Crippen LogP contribution in [0.15, 0.2) is 83.9 Å². The van der Waals surface area contributed by atoms with Crippen molar-refractivity contribution >= 4 is 17.4 Å². The third-order valence-electron chi connectivity index (χ3n) is 3.90. The number of nitrogens with zero attached hydrogens (tertiary/aromatic N) is 1. The zero-order valence-corrected chi connectivity index (χ0v) is 14.3. The van der Waals surface area contributed by atoms with Gasteiger partial charge in [0.15, 0.2) is 0 Å². The highest BCUT2D eigenvalue weighted by atomic mass is 32.1. The third kappa shape index (κ3) is 4.54. The minimum absolute atomic E-state index is 0.0434. The van der Waals surface area contributed by atoms with E-state index in [4.69, 9.17) is 17.0 Å². The van der Waals surface area contributed by atoms with Crippen molar-refractivity contribution in [3.05, 3.63) is 90.0 Å². The number of phenols is 1. The lowest BCUT2D eigenvalue weighted by atomic mass is 9.91. The lowest BCUT2D eigenvalue weighted by Gasteiger charge is -2.16. The largest absolute Gasteiger partial charge is 0.508 e. The van der Waals surface area contributed by atoms with E-state index < -0.39 is 0 Å². The topological polar surface area (TPSA) is 41.8 Å². The Labute approximate surface area is 152 Å². The molecule has 0 aliphatic heterocycles. The summed E-state index contributed by atoms with van der Waals surface area (Å²) in [4.78, 5) is 4.11. The lowest BCUT2D eigenvalue weighted by Crippen LogP contribution is -2.04. The molecule has 3 aromatic carbocycles. The SMILES string of the molecule is Oc1ccc([C@@H](CN=C=S)c2ccc(Oc3ccccc3)cc2)cc1. The molecule has 0 aliphatic carbocycles. The number of phenolic OH excluding ortho intramolecular Hbond substituents is 1. The smallest absolute Gasteiger partial charge is 0.127 e. The maximum Gasteiger partial charge on any atom is 0.127 e. The number of hydrogen-bond acceptors (Lipinski definition) is 4. The van der Waals surface area contributed by atoms with Crippen molar-refractivity contribution in [1.29, 1.82) is 0 Å². The molecule has 0 radical (unpaired) electrons. The highest BCUT2D eigenvalue weighted by molar-refractivity contribution is 7.78. The maximum atomic E-state index is 9.49. The van der Waals surface area contributed by atoms with Crippen LogP contribution in [0.5, 0.6) is 17.2 Å². The Balaban J connectivity index is 1.83. The van der Waals surface area contributed by atoms with Crippen molar-refractivity contribution < 1.29 is 9.84 Å². The minimum Gasteiger partial charge on any atom is -0.508 e. The number of isothiocyanates is 1. The standard InChI is InChI=1S/C21H17NO2S/c23-18-10-6-16(7-11-18)21(14-22-15-25)17-8-12-20(13-9-17)24-19-4-2-1-3-5-19/h1-13,21,23H,14H2/t21-/m1/s1. The quantitative estimate of drug-likeness (QED) is 0.478. The van der Waals surface area contributed by atoms with E-state index in [1.54, 1.807) is 12.1 Å². The Hall–Kier alpha value is -2.94. The zero-order chi connectivity index (χ0) is 17.5. The molecule has 0 fully saturated rings. The molecule has 0 heterocycles. The van der Waals surface area contributed by atoms with Gasteiger partial charge in [-0.1, -0.05) is 42.5 Å². The van der Waals surface area contributed by atoms with Gasteiger partial charge in [0.05, 0.1) is 11.7 Å². The minimum atomic E-state index is 0.0434. The Morgan fingerprint density at radius 2 is 1.40 bits per heavy atom. The van der Waals surface area contributed by atoms with Crippen LogP contribution in [0.4, 0.5) is 0 Å². The van der Waals surface area contributed by atoms with E-state index >= 15 is 0 Å². The number of aromatic hydroxyl groups is 1. The molecular weight excluding hydrogens is 330 g/mol. The molecule has 0 aliphatic rings. The Kier molecular flexibility index (Phi) is 5.57.